The molecular weight excluding hydrogens is 448 g/mol. The number of hydrogen-bond acceptors (Lipinski definition) is 7. The van der Waals surface area contributed by atoms with E-state index in [2.05, 4.69) is 24.9 Å². The average Bonchev–Trinajstić information content (AvgIpc) is 3.39. The highest BCUT2D eigenvalue weighted by molar-refractivity contribution is 5.80. The molecule has 13 heteroatoms. The number of nitrogens with zero attached hydrogens (tertiary/aromatic N) is 6. The molecule has 3 heterocycles. The minimum absolute atomic E-state index is 0.0186. The van der Waals surface area contributed by atoms with E-state index >= 15 is 4.39 Å². The largest absolute Gasteiger partial charge is 0.491 e. The minimum atomic E-state index is -4.81. The first kappa shape index (κ1) is 21.3. The van der Waals surface area contributed by atoms with Gasteiger partial charge in [-0.25, -0.2) is 4.39 Å². The quantitative estimate of drug-likeness (QED) is 0.547. The van der Waals surface area contributed by atoms with Crippen LogP contribution in [0.1, 0.15) is 37.3 Å². The van der Waals surface area contributed by atoms with Gasteiger partial charge in [0.1, 0.15) is 30.8 Å². The van der Waals surface area contributed by atoms with Crippen LogP contribution in [0.3, 0.4) is 0 Å². The van der Waals surface area contributed by atoms with Gasteiger partial charge < -0.3 is 18.7 Å². The molecule has 0 spiro atoms. The van der Waals surface area contributed by atoms with Crippen LogP contribution in [0.2, 0.25) is 0 Å². The fourth-order valence-electron chi connectivity index (χ4n) is 4.06. The van der Waals surface area contributed by atoms with Crippen LogP contribution in [0, 0.1) is 11.7 Å². The van der Waals surface area contributed by atoms with Gasteiger partial charge in [-0.05, 0) is 31.9 Å². The molecule has 2 aliphatic rings. The zero-order chi connectivity index (χ0) is 23.3. The number of alkyl halides is 3. The van der Waals surface area contributed by atoms with Crippen molar-refractivity contribution in [3.8, 4) is 17.1 Å². The number of amides is 1. The van der Waals surface area contributed by atoms with Crippen molar-refractivity contribution in [1.29, 1.82) is 0 Å². The Kier molecular flexibility index (Phi) is 5.05. The van der Waals surface area contributed by atoms with E-state index in [4.69, 9.17) is 4.74 Å². The lowest BCUT2D eigenvalue weighted by atomic mass is 9.79. The van der Waals surface area contributed by atoms with E-state index in [0.29, 0.717) is 12.8 Å². The van der Waals surface area contributed by atoms with Gasteiger partial charge in [-0.1, -0.05) is 5.16 Å². The van der Waals surface area contributed by atoms with E-state index in [-0.39, 0.29) is 53.9 Å². The van der Waals surface area contributed by atoms with E-state index in [0.717, 1.165) is 6.07 Å². The summed E-state index contributed by atoms with van der Waals surface area (Å²) in [5.74, 6) is -2.84. The number of rotatable bonds is 3. The van der Waals surface area contributed by atoms with Gasteiger partial charge in [-0.3, -0.25) is 4.79 Å². The van der Waals surface area contributed by atoms with Crippen LogP contribution < -0.4 is 4.74 Å². The zero-order valence-electron chi connectivity index (χ0n) is 17.3. The van der Waals surface area contributed by atoms with Crippen LogP contribution >= 0.6 is 0 Å². The maximum atomic E-state index is 15.0. The maximum absolute atomic E-state index is 15.0. The minimum Gasteiger partial charge on any atom is -0.491 e. The summed E-state index contributed by atoms with van der Waals surface area (Å²) >= 11 is 0. The van der Waals surface area contributed by atoms with E-state index < -0.39 is 23.7 Å². The molecule has 9 nitrogen and oxygen atoms in total. The van der Waals surface area contributed by atoms with Crippen LogP contribution in [-0.2, 0) is 17.5 Å². The summed E-state index contributed by atoms with van der Waals surface area (Å²) < 4.78 is 65.0. The summed E-state index contributed by atoms with van der Waals surface area (Å²) in [5, 5.41) is 10.8. The second-order valence-corrected chi connectivity index (χ2v) is 8.21. The summed E-state index contributed by atoms with van der Waals surface area (Å²) in [4.78, 5) is 18.0. The van der Waals surface area contributed by atoms with E-state index in [1.165, 1.54) is 6.07 Å². The fraction of sp³-hybridized carbons (Fsp3) is 0.450. The molecule has 1 aromatic carbocycles. The molecule has 1 atom stereocenters. The van der Waals surface area contributed by atoms with Gasteiger partial charge in [0.25, 0.3) is 0 Å². The molecule has 3 aromatic rings. The molecule has 0 bridgehead atoms. The van der Waals surface area contributed by atoms with Crippen molar-refractivity contribution in [2.24, 2.45) is 5.92 Å². The Balaban J connectivity index is 1.36. The summed E-state index contributed by atoms with van der Waals surface area (Å²) in [5.41, 5.74) is 0.124. The molecule has 0 N–H and O–H groups in total. The molecule has 1 aliphatic carbocycles. The molecule has 2 aromatic heterocycles. The first-order valence-electron chi connectivity index (χ1n) is 10.2. The predicted octanol–water partition coefficient (Wildman–Crippen LogP) is 3.25. The third kappa shape index (κ3) is 3.91. The van der Waals surface area contributed by atoms with Gasteiger partial charge in [-0.2, -0.15) is 18.2 Å². The van der Waals surface area contributed by atoms with Crippen LogP contribution in [0.25, 0.3) is 11.4 Å². The first-order chi connectivity index (χ1) is 15.7. The van der Waals surface area contributed by atoms with Crippen molar-refractivity contribution in [3.05, 3.63) is 42.1 Å². The maximum Gasteiger partial charge on any atom is 0.471 e. The Morgan fingerprint density at radius 3 is 2.58 bits per heavy atom. The topological polar surface area (TPSA) is 99.2 Å². The molecule has 0 saturated heterocycles. The monoisotopic (exact) mass is 466 g/mol. The number of aromatic nitrogens is 5. The van der Waals surface area contributed by atoms with E-state index in [1.807, 2.05) is 4.57 Å². The van der Waals surface area contributed by atoms with Gasteiger partial charge in [0.2, 0.25) is 11.7 Å². The van der Waals surface area contributed by atoms with Crippen molar-refractivity contribution < 1.29 is 31.6 Å². The third-order valence-electron chi connectivity index (χ3n) is 6.03. The predicted molar refractivity (Wildman–Crippen MR) is 102 cm³/mol. The smallest absolute Gasteiger partial charge is 0.471 e. The number of benzene rings is 1. The van der Waals surface area contributed by atoms with Gasteiger partial charge >= 0.3 is 12.1 Å². The van der Waals surface area contributed by atoms with Crippen molar-refractivity contribution >= 4 is 5.91 Å². The molecule has 1 aliphatic heterocycles. The highest BCUT2D eigenvalue weighted by Crippen LogP contribution is 2.40. The van der Waals surface area contributed by atoms with Crippen LogP contribution in [0.4, 0.5) is 17.6 Å². The average molecular weight is 466 g/mol. The molecular formula is C20H18F4N6O3. The van der Waals surface area contributed by atoms with Gasteiger partial charge in [0.15, 0.2) is 0 Å². The van der Waals surface area contributed by atoms with Crippen LogP contribution in [0.15, 0.2) is 29.3 Å². The van der Waals surface area contributed by atoms with Crippen molar-refractivity contribution in [2.45, 2.75) is 44.6 Å². The summed E-state index contributed by atoms with van der Waals surface area (Å²) in [6.45, 7) is 1.88. The number of ether oxygens (including phenoxy) is 1. The van der Waals surface area contributed by atoms with Crippen LogP contribution in [-0.4, -0.2) is 48.4 Å². The standard InChI is InChI=1S/C20H18F4N6O3/c1-10-7-32-16-5-11(17-27-19(33-28-17)20(22,23)24)4-15(21)14(16)6-30(10)18(31)12-2-13(3-12)29-8-25-26-9-29/h4-5,8-10,12-13H,2-3,6-7H2,1H3/t10-,12-,13+/m0/s1. The van der Waals surface area contributed by atoms with Crippen LogP contribution in [0.5, 0.6) is 5.75 Å². The van der Waals surface area contributed by atoms with Crippen molar-refractivity contribution in [2.75, 3.05) is 6.61 Å². The Bertz CT molecular complexity index is 1170. The van der Waals surface area contributed by atoms with E-state index in [9.17, 15) is 18.0 Å². The van der Waals surface area contributed by atoms with Gasteiger partial charge in [0, 0.05) is 23.1 Å². The summed E-state index contributed by atoms with van der Waals surface area (Å²) in [6, 6.07) is 2.19. The number of hydrogen-bond donors (Lipinski definition) is 0. The number of carbonyl (C=O) groups is 1. The Labute approximate surface area is 184 Å². The highest BCUT2D eigenvalue weighted by atomic mass is 19.4. The Morgan fingerprint density at radius 2 is 1.91 bits per heavy atom. The molecule has 1 saturated carbocycles. The Hall–Kier alpha value is -3.51. The lowest BCUT2D eigenvalue weighted by Gasteiger charge is -2.39. The lowest BCUT2D eigenvalue weighted by Crippen LogP contribution is -2.46. The zero-order valence-corrected chi connectivity index (χ0v) is 17.3. The fourth-order valence-corrected chi connectivity index (χ4v) is 4.06. The Morgan fingerprint density at radius 1 is 1.18 bits per heavy atom. The summed E-state index contributed by atoms with van der Waals surface area (Å²) in [6.07, 6.45) is -0.322. The molecule has 5 rings (SSSR count). The number of halogens is 4. The lowest BCUT2D eigenvalue weighted by molar-refractivity contribution is -0.159. The molecule has 33 heavy (non-hydrogen) atoms. The molecule has 0 unspecified atom stereocenters. The second kappa shape index (κ2) is 7.81. The van der Waals surface area contributed by atoms with Gasteiger partial charge in [0.05, 0.1) is 12.6 Å². The molecule has 1 amide bonds. The van der Waals surface area contributed by atoms with Gasteiger partial charge in [-0.15, -0.1) is 10.2 Å². The second-order valence-electron chi connectivity index (χ2n) is 8.21. The third-order valence-corrected chi connectivity index (χ3v) is 6.03. The SMILES string of the molecule is C[C@H]1COc2cc(-c3noc(C(F)(F)F)n3)cc(F)c2CN1C(=O)[C@H]1C[C@@H](n2cnnc2)C1. The number of carbonyl (C=O) groups excluding carboxylic acids is 1. The normalized spacial score (nSPS) is 22.8. The van der Waals surface area contributed by atoms with Crippen molar-refractivity contribution in [1.82, 2.24) is 29.8 Å². The summed E-state index contributed by atoms with van der Waals surface area (Å²) in [7, 11) is 0. The van der Waals surface area contributed by atoms with Crippen molar-refractivity contribution in [3.63, 3.8) is 0 Å². The first-order valence-corrected chi connectivity index (χ1v) is 10.2. The molecule has 1 fully saturated rings. The van der Waals surface area contributed by atoms with E-state index in [1.54, 1.807) is 24.5 Å². The highest BCUT2D eigenvalue weighted by Gasteiger charge is 2.41. The molecule has 0 radical (unpaired) electrons. The number of fused-ring (bicyclic) bond motifs is 1. The molecule has 174 valence electrons.